The summed E-state index contributed by atoms with van der Waals surface area (Å²) in [5.74, 6) is -1.38. The second-order valence-electron chi connectivity index (χ2n) is 2.87. The van der Waals surface area contributed by atoms with Gasteiger partial charge in [0, 0.05) is 12.0 Å². The molecule has 1 aromatic rings. The Labute approximate surface area is 75.5 Å². The molecule has 0 bridgehead atoms. The van der Waals surface area contributed by atoms with Gasteiger partial charge in [-0.2, -0.15) is 4.89 Å². The third kappa shape index (κ3) is 1.71. The highest BCUT2D eigenvalue weighted by molar-refractivity contribution is 5.19. The molecule has 1 aliphatic heterocycles. The molecule has 2 rings (SSSR count). The van der Waals surface area contributed by atoms with Crippen LogP contribution in [-0.2, 0) is 20.6 Å². The van der Waals surface area contributed by atoms with Crippen molar-refractivity contribution in [2.24, 2.45) is 0 Å². The van der Waals surface area contributed by atoms with Crippen LogP contribution in [-0.4, -0.2) is 11.7 Å². The summed E-state index contributed by atoms with van der Waals surface area (Å²) < 4.78 is 0. The van der Waals surface area contributed by atoms with Crippen molar-refractivity contribution < 1.29 is 19.9 Å². The molecule has 0 amide bonds. The smallest absolute Gasteiger partial charge is 0.230 e. The van der Waals surface area contributed by atoms with Gasteiger partial charge in [-0.1, -0.05) is 35.4 Å². The lowest BCUT2D eigenvalue weighted by atomic mass is 10.0. The summed E-state index contributed by atoms with van der Waals surface area (Å²) >= 11 is 0. The summed E-state index contributed by atoms with van der Waals surface area (Å²) in [7, 11) is 0. The molecule has 4 heteroatoms. The zero-order valence-electron chi connectivity index (χ0n) is 6.97. The molecule has 0 spiro atoms. The topological polar surface area (TPSA) is 47.9 Å². The van der Waals surface area contributed by atoms with Crippen LogP contribution in [0.5, 0.6) is 0 Å². The maximum Gasteiger partial charge on any atom is 0.230 e. The van der Waals surface area contributed by atoms with E-state index in [2.05, 4.69) is 14.8 Å². The van der Waals surface area contributed by atoms with Crippen molar-refractivity contribution in [3.8, 4) is 0 Å². The molecule has 70 valence electrons. The largest absolute Gasteiger partial charge is 0.360 e. The number of hydrogen-bond donors (Lipinski definition) is 1. The van der Waals surface area contributed by atoms with Gasteiger partial charge in [0.2, 0.25) is 5.79 Å². The van der Waals surface area contributed by atoms with Crippen molar-refractivity contribution in [3.05, 3.63) is 35.9 Å². The first kappa shape index (κ1) is 8.65. The average molecular weight is 182 g/mol. The van der Waals surface area contributed by atoms with Crippen molar-refractivity contribution >= 4 is 0 Å². The predicted octanol–water partition coefficient (Wildman–Crippen LogP) is 1.12. The van der Waals surface area contributed by atoms with Crippen molar-refractivity contribution in [2.45, 2.75) is 12.2 Å². The van der Waals surface area contributed by atoms with Crippen LogP contribution in [0, 0.1) is 0 Å². The maximum absolute atomic E-state index is 9.92. The Morgan fingerprint density at radius 2 is 2.00 bits per heavy atom. The average Bonchev–Trinajstić information content (AvgIpc) is 2.20. The van der Waals surface area contributed by atoms with E-state index in [1.165, 1.54) is 0 Å². The first-order valence-electron chi connectivity index (χ1n) is 4.06. The molecule has 1 aromatic carbocycles. The van der Waals surface area contributed by atoms with Crippen LogP contribution in [0.2, 0.25) is 0 Å². The van der Waals surface area contributed by atoms with Crippen molar-refractivity contribution in [2.75, 3.05) is 6.61 Å². The van der Waals surface area contributed by atoms with Crippen LogP contribution in [0.3, 0.4) is 0 Å². The highest BCUT2D eigenvalue weighted by Gasteiger charge is 2.35. The highest BCUT2D eigenvalue weighted by Crippen LogP contribution is 2.29. The van der Waals surface area contributed by atoms with Crippen LogP contribution < -0.4 is 0 Å². The first-order chi connectivity index (χ1) is 6.31. The summed E-state index contributed by atoms with van der Waals surface area (Å²) in [4.78, 5) is 9.19. The van der Waals surface area contributed by atoms with Crippen molar-refractivity contribution in [1.82, 2.24) is 0 Å². The summed E-state index contributed by atoms with van der Waals surface area (Å²) in [5, 5.41) is 14.2. The number of aliphatic hydroxyl groups is 1. The Bertz CT molecular complexity index is 266. The molecule has 0 radical (unpaired) electrons. The monoisotopic (exact) mass is 182 g/mol. The Morgan fingerprint density at radius 3 is 2.62 bits per heavy atom. The molecular weight excluding hydrogens is 172 g/mol. The van der Waals surface area contributed by atoms with E-state index in [1.807, 2.05) is 18.2 Å². The molecular formula is C9H10O4. The second kappa shape index (κ2) is 3.43. The Kier molecular flexibility index (Phi) is 2.28. The van der Waals surface area contributed by atoms with E-state index in [0.29, 0.717) is 18.6 Å². The fourth-order valence-electron chi connectivity index (χ4n) is 1.23. The van der Waals surface area contributed by atoms with Gasteiger partial charge >= 0.3 is 0 Å². The molecule has 1 aliphatic rings. The van der Waals surface area contributed by atoms with E-state index >= 15 is 0 Å². The lowest BCUT2D eigenvalue weighted by Crippen LogP contribution is -2.34. The number of benzene rings is 1. The lowest BCUT2D eigenvalue weighted by Gasteiger charge is -2.29. The van der Waals surface area contributed by atoms with Gasteiger partial charge in [-0.25, -0.2) is 4.89 Å². The molecule has 0 saturated carbocycles. The minimum absolute atomic E-state index is 0.311. The fraction of sp³-hybridized carbons (Fsp3) is 0.333. The quantitative estimate of drug-likeness (QED) is 0.661. The number of rotatable bonds is 1. The number of hydrogen-bond acceptors (Lipinski definition) is 4. The molecule has 0 aromatic heterocycles. The first-order valence-corrected chi connectivity index (χ1v) is 4.06. The van der Waals surface area contributed by atoms with Gasteiger partial charge in [0.05, 0.1) is 6.61 Å². The van der Waals surface area contributed by atoms with E-state index in [-0.39, 0.29) is 0 Å². The van der Waals surface area contributed by atoms with Crippen LogP contribution in [0.15, 0.2) is 30.3 Å². The van der Waals surface area contributed by atoms with Crippen LogP contribution in [0.25, 0.3) is 0 Å². The van der Waals surface area contributed by atoms with E-state index in [9.17, 15) is 5.11 Å². The molecule has 1 saturated heterocycles. The van der Waals surface area contributed by atoms with Crippen LogP contribution in [0.1, 0.15) is 12.0 Å². The van der Waals surface area contributed by atoms with Gasteiger partial charge < -0.3 is 5.11 Å². The summed E-state index contributed by atoms with van der Waals surface area (Å²) in [6.45, 7) is 0.311. The molecule has 1 unspecified atom stereocenters. The van der Waals surface area contributed by atoms with E-state index in [0.717, 1.165) is 0 Å². The molecule has 1 fully saturated rings. The minimum Gasteiger partial charge on any atom is -0.360 e. The lowest BCUT2D eigenvalue weighted by molar-refractivity contribution is -0.602. The SMILES string of the molecule is OC1(c2ccccc2)CCOOO1. The van der Waals surface area contributed by atoms with Crippen molar-refractivity contribution in [1.29, 1.82) is 0 Å². The normalized spacial score (nSPS) is 28.7. The highest BCUT2D eigenvalue weighted by atomic mass is 17.5. The van der Waals surface area contributed by atoms with Gasteiger partial charge in [-0.15, -0.1) is 0 Å². The molecule has 1 atom stereocenters. The molecule has 4 nitrogen and oxygen atoms in total. The van der Waals surface area contributed by atoms with E-state index in [1.54, 1.807) is 12.1 Å². The molecule has 1 heterocycles. The Balaban J connectivity index is 2.23. The Hall–Kier alpha value is -0.940. The predicted molar refractivity (Wildman–Crippen MR) is 43.1 cm³/mol. The fourth-order valence-corrected chi connectivity index (χ4v) is 1.23. The zero-order valence-corrected chi connectivity index (χ0v) is 6.97. The van der Waals surface area contributed by atoms with Gasteiger partial charge in [-0.3, -0.25) is 0 Å². The standard InChI is InChI=1S/C9H10O4/c10-9(6-7-11-13-12-9)8-4-2-1-3-5-8/h1-5,10H,6-7H2. The summed E-state index contributed by atoms with van der Waals surface area (Å²) in [6, 6.07) is 9.06. The molecule has 0 aliphatic carbocycles. The van der Waals surface area contributed by atoms with Gasteiger partial charge in [0.25, 0.3) is 0 Å². The third-order valence-corrected chi connectivity index (χ3v) is 1.97. The van der Waals surface area contributed by atoms with Gasteiger partial charge in [0.15, 0.2) is 0 Å². The minimum atomic E-state index is -1.38. The maximum atomic E-state index is 9.92. The van der Waals surface area contributed by atoms with Crippen LogP contribution >= 0.6 is 0 Å². The van der Waals surface area contributed by atoms with Gasteiger partial charge in [0.1, 0.15) is 0 Å². The summed E-state index contributed by atoms with van der Waals surface area (Å²) in [5.41, 5.74) is 0.665. The second-order valence-corrected chi connectivity index (χ2v) is 2.87. The van der Waals surface area contributed by atoms with E-state index < -0.39 is 5.79 Å². The van der Waals surface area contributed by atoms with Crippen molar-refractivity contribution in [3.63, 3.8) is 0 Å². The third-order valence-electron chi connectivity index (χ3n) is 1.97. The Morgan fingerprint density at radius 1 is 1.23 bits per heavy atom. The molecule has 1 N–H and O–H groups in total. The van der Waals surface area contributed by atoms with Gasteiger partial charge in [-0.05, 0) is 0 Å². The zero-order chi connectivity index (χ0) is 9.15. The van der Waals surface area contributed by atoms with E-state index in [4.69, 9.17) is 0 Å². The molecule has 13 heavy (non-hydrogen) atoms. The van der Waals surface area contributed by atoms with Crippen LogP contribution in [0.4, 0.5) is 0 Å². The summed E-state index contributed by atoms with van der Waals surface area (Å²) in [6.07, 6.45) is 0.358.